The van der Waals surface area contributed by atoms with E-state index in [-0.39, 0.29) is 0 Å². The Morgan fingerprint density at radius 3 is 2.65 bits per heavy atom. The number of ether oxygens (including phenoxy) is 1. The molecule has 2 N–H and O–H groups in total. The molecule has 84 valence electrons. The maximum absolute atomic E-state index is 10.7. The summed E-state index contributed by atoms with van der Waals surface area (Å²) < 4.78 is 10.5. The molecule has 4 heteroatoms. The summed E-state index contributed by atoms with van der Waals surface area (Å²) in [5, 5.41) is 1.89. The van der Waals surface area contributed by atoms with Crippen molar-refractivity contribution in [3.05, 3.63) is 42.5 Å². The van der Waals surface area contributed by atoms with Crippen LogP contribution in [0.3, 0.4) is 0 Å². The van der Waals surface area contributed by atoms with E-state index in [4.69, 9.17) is 14.9 Å². The number of carbonyl (C=O) groups is 1. The Hall–Kier alpha value is -2.49. The average Bonchev–Trinajstić information content (AvgIpc) is 2.66. The number of benzene rings is 2. The highest BCUT2D eigenvalue weighted by atomic mass is 16.5. The highest BCUT2D eigenvalue weighted by Gasteiger charge is 2.08. The zero-order chi connectivity index (χ0) is 11.8. The van der Waals surface area contributed by atoms with Crippen molar-refractivity contribution in [2.24, 2.45) is 5.73 Å². The molecule has 0 atom stereocenters. The van der Waals surface area contributed by atoms with Crippen molar-refractivity contribution in [3.63, 3.8) is 0 Å². The van der Waals surface area contributed by atoms with Gasteiger partial charge >= 0.3 is 6.09 Å². The van der Waals surface area contributed by atoms with Crippen LogP contribution in [0.25, 0.3) is 21.9 Å². The highest BCUT2D eigenvalue weighted by molar-refractivity contribution is 6.05. The summed E-state index contributed by atoms with van der Waals surface area (Å²) in [6.45, 7) is 0. The van der Waals surface area contributed by atoms with Gasteiger partial charge in [0.05, 0.1) is 0 Å². The Morgan fingerprint density at radius 2 is 1.82 bits per heavy atom. The van der Waals surface area contributed by atoms with E-state index in [0.717, 1.165) is 21.9 Å². The summed E-state index contributed by atoms with van der Waals surface area (Å²) in [5.41, 5.74) is 6.53. The molecule has 3 rings (SSSR count). The lowest BCUT2D eigenvalue weighted by atomic mass is 10.1. The molecule has 0 saturated carbocycles. The summed E-state index contributed by atoms with van der Waals surface area (Å²) in [4.78, 5) is 10.7. The SMILES string of the molecule is NC(=O)Oc1ccc2oc3ccccc3c2c1. The molecule has 0 spiro atoms. The van der Waals surface area contributed by atoms with Crippen molar-refractivity contribution in [2.45, 2.75) is 0 Å². The Kier molecular flexibility index (Phi) is 2.01. The molecule has 0 saturated heterocycles. The number of amides is 1. The Balaban J connectivity index is 2.26. The van der Waals surface area contributed by atoms with Gasteiger partial charge in [0.25, 0.3) is 0 Å². The normalized spacial score (nSPS) is 10.8. The van der Waals surface area contributed by atoms with Gasteiger partial charge in [-0.3, -0.25) is 0 Å². The highest BCUT2D eigenvalue weighted by Crippen LogP contribution is 2.31. The van der Waals surface area contributed by atoms with Crippen molar-refractivity contribution in [1.29, 1.82) is 0 Å². The minimum atomic E-state index is -0.822. The number of nitrogens with two attached hydrogens (primary N) is 1. The number of hydrogen-bond acceptors (Lipinski definition) is 3. The van der Waals surface area contributed by atoms with Gasteiger partial charge in [0.1, 0.15) is 16.9 Å². The van der Waals surface area contributed by atoms with E-state index < -0.39 is 6.09 Å². The smallest absolute Gasteiger partial charge is 0.409 e. The molecule has 17 heavy (non-hydrogen) atoms. The van der Waals surface area contributed by atoms with E-state index in [1.807, 2.05) is 24.3 Å². The predicted octanol–water partition coefficient (Wildman–Crippen LogP) is 3.04. The van der Waals surface area contributed by atoms with Crippen LogP contribution in [0.4, 0.5) is 4.79 Å². The number of fused-ring (bicyclic) bond motifs is 3. The second kappa shape index (κ2) is 3.52. The summed E-state index contributed by atoms with van der Waals surface area (Å²) in [7, 11) is 0. The Labute approximate surface area is 96.6 Å². The zero-order valence-corrected chi connectivity index (χ0v) is 8.84. The molecule has 0 aliphatic carbocycles. The van der Waals surface area contributed by atoms with E-state index >= 15 is 0 Å². The molecular weight excluding hydrogens is 218 g/mol. The van der Waals surface area contributed by atoms with Crippen molar-refractivity contribution in [2.75, 3.05) is 0 Å². The molecule has 0 aliphatic rings. The molecule has 4 nitrogen and oxygen atoms in total. The molecule has 0 aliphatic heterocycles. The number of furan rings is 1. The fraction of sp³-hybridized carbons (Fsp3) is 0. The fourth-order valence-electron chi connectivity index (χ4n) is 1.88. The molecule has 3 aromatic rings. The minimum absolute atomic E-state index is 0.413. The van der Waals surface area contributed by atoms with E-state index in [0.29, 0.717) is 5.75 Å². The average molecular weight is 227 g/mol. The number of carbonyl (C=O) groups excluding carboxylic acids is 1. The third-order valence-corrected chi connectivity index (χ3v) is 2.57. The molecule has 0 bridgehead atoms. The molecule has 0 unspecified atom stereocenters. The summed E-state index contributed by atoms with van der Waals surface area (Å²) >= 11 is 0. The van der Waals surface area contributed by atoms with Crippen LogP contribution in [-0.2, 0) is 0 Å². The molecular formula is C13H9NO3. The first kappa shape index (κ1) is 9.72. The van der Waals surface area contributed by atoms with E-state index in [2.05, 4.69) is 0 Å². The third kappa shape index (κ3) is 1.59. The van der Waals surface area contributed by atoms with Crippen LogP contribution in [0, 0.1) is 0 Å². The molecule has 2 aromatic carbocycles. The van der Waals surface area contributed by atoms with Gasteiger partial charge < -0.3 is 14.9 Å². The summed E-state index contributed by atoms with van der Waals surface area (Å²) in [5.74, 6) is 0.413. The number of primary amides is 1. The number of hydrogen-bond donors (Lipinski definition) is 1. The van der Waals surface area contributed by atoms with Gasteiger partial charge in [-0.25, -0.2) is 4.79 Å². The van der Waals surface area contributed by atoms with Gasteiger partial charge in [0.2, 0.25) is 0 Å². The molecule has 0 fully saturated rings. The van der Waals surface area contributed by atoms with Gasteiger partial charge in [0, 0.05) is 10.8 Å². The van der Waals surface area contributed by atoms with Crippen molar-refractivity contribution in [1.82, 2.24) is 0 Å². The summed E-state index contributed by atoms with van der Waals surface area (Å²) in [6.07, 6.45) is -0.822. The first-order valence-electron chi connectivity index (χ1n) is 5.12. The minimum Gasteiger partial charge on any atom is -0.456 e. The Bertz CT molecular complexity index is 715. The lowest BCUT2D eigenvalue weighted by molar-refractivity contribution is 0.211. The zero-order valence-electron chi connectivity index (χ0n) is 8.84. The fourth-order valence-corrected chi connectivity index (χ4v) is 1.88. The first-order valence-corrected chi connectivity index (χ1v) is 5.12. The quantitative estimate of drug-likeness (QED) is 0.694. The number of rotatable bonds is 1. The Morgan fingerprint density at radius 1 is 1.06 bits per heavy atom. The lowest BCUT2D eigenvalue weighted by Crippen LogP contribution is -2.16. The van der Waals surface area contributed by atoms with E-state index in [1.165, 1.54) is 0 Å². The van der Waals surface area contributed by atoms with E-state index in [1.54, 1.807) is 18.2 Å². The van der Waals surface area contributed by atoms with Crippen molar-refractivity contribution < 1.29 is 13.9 Å². The predicted molar refractivity (Wildman–Crippen MR) is 63.9 cm³/mol. The van der Waals surface area contributed by atoms with Crippen LogP contribution in [0.1, 0.15) is 0 Å². The van der Waals surface area contributed by atoms with E-state index in [9.17, 15) is 4.79 Å². The molecule has 1 amide bonds. The van der Waals surface area contributed by atoms with Gasteiger partial charge in [-0.15, -0.1) is 0 Å². The molecule has 0 radical (unpaired) electrons. The van der Waals surface area contributed by atoms with Gasteiger partial charge in [-0.2, -0.15) is 0 Å². The van der Waals surface area contributed by atoms with Gasteiger partial charge in [0.15, 0.2) is 0 Å². The number of para-hydroxylation sites is 1. The molecule has 1 aromatic heterocycles. The van der Waals surface area contributed by atoms with Crippen LogP contribution in [-0.4, -0.2) is 6.09 Å². The summed E-state index contributed by atoms with van der Waals surface area (Å²) in [6, 6.07) is 12.8. The van der Waals surface area contributed by atoms with Crippen LogP contribution in [0.2, 0.25) is 0 Å². The largest absolute Gasteiger partial charge is 0.456 e. The maximum Gasteiger partial charge on any atom is 0.409 e. The third-order valence-electron chi connectivity index (χ3n) is 2.57. The van der Waals surface area contributed by atoms with Crippen LogP contribution in [0.15, 0.2) is 46.9 Å². The maximum atomic E-state index is 10.7. The van der Waals surface area contributed by atoms with Crippen LogP contribution in [0.5, 0.6) is 5.75 Å². The second-order valence-electron chi connectivity index (χ2n) is 3.68. The van der Waals surface area contributed by atoms with Crippen molar-refractivity contribution in [3.8, 4) is 5.75 Å². The van der Waals surface area contributed by atoms with Gasteiger partial charge in [-0.05, 0) is 24.3 Å². The van der Waals surface area contributed by atoms with Crippen molar-refractivity contribution >= 4 is 28.0 Å². The van der Waals surface area contributed by atoms with Gasteiger partial charge in [-0.1, -0.05) is 18.2 Å². The monoisotopic (exact) mass is 227 g/mol. The standard InChI is InChI=1S/C13H9NO3/c14-13(15)16-8-5-6-12-10(7-8)9-3-1-2-4-11(9)17-12/h1-7H,(H2,14,15). The topological polar surface area (TPSA) is 65.5 Å². The second-order valence-corrected chi connectivity index (χ2v) is 3.68. The van der Waals surface area contributed by atoms with Crippen LogP contribution >= 0.6 is 0 Å². The lowest BCUT2D eigenvalue weighted by Gasteiger charge is -1.99. The molecule has 1 heterocycles. The van der Waals surface area contributed by atoms with Crippen LogP contribution < -0.4 is 10.5 Å². The first-order chi connectivity index (χ1) is 8.24.